The van der Waals surface area contributed by atoms with E-state index in [0.29, 0.717) is 13.0 Å². The van der Waals surface area contributed by atoms with Gasteiger partial charge in [0.1, 0.15) is 11.5 Å². The van der Waals surface area contributed by atoms with E-state index in [1.54, 1.807) is 0 Å². The molecule has 1 atom stereocenters. The maximum atomic E-state index is 11.6. The minimum Gasteiger partial charge on any atom is -0.465 e. The van der Waals surface area contributed by atoms with E-state index >= 15 is 0 Å². The van der Waals surface area contributed by atoms with E-state index in [-0.39, 0.29) is 17.4 Å². The second-order valence-electron chi connectivity index (χ2n) is 5.47. The summed E-state index contributed by atoms with van der Waals surface area (Å²) in [5.74, 6) is 1.57. The van der Waals surface area contributed by atoms with Gasteiger partial charge < -0.3 is 15.5 Å². The molecule has 1 aromatic rings. The molecule has 0 fully saturated rings. The lowest BCUT2D eigenvalue weighted by Gasteiger charge is -2.26. The highest BCUT2D eigenvalue weighted by Gasteiger charge is 2.22. The summed E-state index contributed by atoms with van der Waals surface area (Å²) in [6, 6.07) is 3.60. The van der Waals surface area contributed by atoms with Gasteiger partial charge in [-0.05, 0) is 24.5 Å². The lowest BCUT2D eigenvalue weighted by Crippen LogP contribution is -2.39. The van der Waals surface area contributed by atoms with Gasteiger partial charge in [-0.1, -0.05) is 20.8 Å². The Hall–Kier alpha value is -1.29. The fraction of sp³-hybridized carbons (Fsp3) is 0.615. The lowest BCUT2D eigenvalue weighted by atomic mass is 9.85. The van der Waals surface area contributed by atoms with Crippen molar-refractivity contribution in [3.8, 4) is 0 Å². The van der Waals surface area contributed by atoms with Crippen molar-refractivity contribution in [3.63, 3.8) is 0 Å². The van der Waals surface area contributed by atoms with Crippen molar-refractivity contribution in [2.24, 2.45) is 11.1 Å². The largest absolute Gasteiger partial charge is 0.465 e. The Morgan fingerprint density at radius 3 is 2.59 bits per heavy atom. The van der Waals surface area contributed by atoms with Crippen LogP contribution in [0.5, 0.6) is 0 Å². The van der Waals surface area contributed by atoms with Crippen LogP contribution in [-0.2, 0) is 11.3 Å². The molecule has 0 radical (unpaired) electrons. The van der Waals surface area contributed by atoms with E-state index in [0.717, 1.165) is 11.5 Å². The molecule has 0 aliphatic carbocycles. The Labute approximate surface area is 103 Å². The van der Waals surface area contributed by atoms with Crippen LogP contribution in [0.4, 0.5) is 0 Å². The van der Waals surface area contributed by atoms with Crippen molar-refractivity contribution in [1.82, 2.24) is 5.32 Å². The molecule has 0 aromatic carbocycles. The zero-order valence-corrected chi connectivity index (χ0v) is 11.0. The maximum absolute atomic E-state index is 11.6. The van der Waals surface area contributed by atoms with Crippen LogP contribution >= 0.6 is 0 Å². The minimum absolute atomic E-state index is 0.0403. The van der Waals surface area contributed by atoms with Gasteiger partial charge in [0.05, 0.1) is 6.54 Å². The van der Waals surface area contributed by atoms with Crippen LogP contribution in [0.25, 0.3) is 0 Å². The van der Waals surface area contributed by atoms with Crippen LogP contribution in [0.15, 0.2) is 16.5 Å². The highest BCUT2D eigenvalue weighted by Crippen LogP contribution is 2.19. The molecule has 3 N–H and O–H groups in total. The van der Waals surface area contributed by atoms with Gasteiger partial charge in [0, 0.05) is 12.5 Å². The van der Waals surface area contributed by atoms with E-state index in [9.17, 15) is 4.79 Å². The maximum Gasteiger partial charge on any atom is 0.221 e. The number of furan rings is 1. The molecule has 0 saturated heterocycles. The highest BCUT2D eigenvalue weighted by molar-refractivity contribution is 5.76. The molecular formula is C13H22N2O2. The predicted octanol–water partition coefficient (Wildman–Crippen LogP) is 1.97. The summed E-state index contributed by atoms with van der Waals surface area (Å²) in [5, 5.41) is 2.80. The topological polar surface area (TPSA) is 68.3 Å². The standard InChI is InChI=1S/C13H22N2O2/c1-9-5-6-10(17-9)8-15-12(16)7-11(14)13(2,3)4/h5-6,11H,7-8,14H2,1-4H3,(H,15,16). The van der Waals surface area contributed by atoms with Crippen molar-refractivity contribution < 1.29 is 9.21 Å². The van der Waals surface area contributed by atoms with E-state index in [4.69, 9.17) is 10.2 Å². The van der Waals surface area contributed by atoms with E-state index in [2.05, 4.69) is 5.32 Å². The number of nitrogens with two attached hydrogens (primary N) is 1. The quantitative estimate of drug-likeness (QED) is 0.842. The Morgan fingerprint density at radius 2 is 2.12 bits per heavy atom. The Kier molecular flexibility index (Phi) is 4.34. The molecule has 1 amide bonds. The molecule has 1 unspecified atom stereocenters. The highest BCUT2D eigenvalue weighted by atomic mass is 16.3. The Balaban J connectivity index is 2.36. The molecule has 0 saturated carbocycles. The van der Waals surface area contributed by atoms with Crippen LogP contribution in [0.1, 0.15) is 38.7 Å². The third kappa shape index (κ3) is 4.61. The molecule has 1 heterocycles. The number of rotatable bonds is 4. The first-order chi connectivity index (χ1) is 7.79. The first-order valence-corrected chi connectivity index (χ1v) is 5.86. The third-order valence-corrected chi connectivity index (χ3v) is 2.77. The van der Waals surface area contributed by atoms with E-state index in [1.165, 1.54) is 0 Å². The molecule has 0 bridgehead atoms. The zero-order valence-electron chi connectivity index (χ0n) is 11.0. The van der Waals surface area contributed by atoms with Crippen LogP contribution in [0.3, 0.4) is 0 Å². The molecule has 0 aliphatic heterocycles. The van der Waals surface area contributed by atoms with Crippen LogP contribution in [0, 0.1) is 12.3 Å². The molecule has 1 rings (SSSR count). The average molecular weight is 238 g/mol. The predicted molar refractivity (Wildman–Crippen MR) is 67.3 cm³/mol. The van der Waals surface area contributed by atoms with Gasteiger partial charge in [-0.2, -0.15) is 0 Å². The summed E-state index contributed by atoms with van der Waals surface area (Å²) in [4.78, 5) is 11.6. The molecule has 4 nitrogen and oxygen atoms in total. The van der Waals surface area contributed by atoms with E-state index < -0.39 is 0 Å². The molecular weight excluding hydrogens is 216 g/mol. The van der Waals surface area contributed by atoms with Gasteiger partial charge in [-0.15, -0.1) is 0 Å². The summed E-state index contributed by atoms with van der Waals surface area (Å²) in [5.41, 5.74) is 5.88. The van der Waals surface area contributed by atoms with Crippen LogP contribution in [-0.4, -0.2) is 11.9 Å². The summed E-state index contributed by atoms with van der Waals surface area (Å²) < 4.78 is 5.36. The van der Waals surface area contributed by atoms with Gasteiger partial charge in [-0.25, -0.2) is 0 Å². The van der Waals surface area contributed by atoms with Crippen molar-refractivity contribution in [2.75, 3.05) is 0 Å². The number of carbonyl (C=O) groups excluding carboxylic acids is 1. The van der Waals surface area contributed by atoms with Gasteiger partial charge in [0.15, 0.2) is 0 Å². The normalized spacial score (nSPS) is 13.5. The second kappa shape index (κ2) is 5.36. The summed E-state index contributed by atoms with van der Waals surface area (Å²) in [7, 11) is 0. The monoisotopic (exact) mass is 238 g/mol. The fourth-order valence-electron chi connectivity index (χ4n) is 1.34. The van der Waals surface area contributed by atoms with Gasteiger partial charge in [0.2, 0.25) is 5.91 Å². The Bertz CT molecular complexity index is 377. The average Bonchev–Trinajstić information content (AvgIpc) is 2.60. The molecule has 4 heteroatoms. The smallest absolute Gasteiger partial charge is 0.221 e. The molecule has 96 valence electrons. The van der Waals surface area contributed by atoms with Gasteiger partial charge in [0.25, 0.3) is 0 Å². The Morgan fingerprint density at radius 1 is 1.47 bits per heavy atom. The summed E-state index contributed by atoms with van der Waals surface area (Å²) in [6.45, 7) is 8.38. The number of nitrogens with one attached hydrogen (secondary N) is 1. The number of carbonyl (C=O) groups is 1. The molecule has 1 aromatic heterocycles. The van der Waals surface area contributed by atoms with E-state index in [1.807, 2.05) is 39.8 Å². The van der Waals surface area contributed by atoms with Crippen LogP contribution in [0.2, 0.25) is 0 Å². The van der Waals surface area contributed by atoms with Crippen molar-refractivity contribution in [1.29, 1.82) is 0 Å². The van der Waals surface area contributed by atoms with Crippen molar-refractivity contribution in [3.05, 3.63) is 23.7 Å². The number of aryl methyl sites for hydroxylation is 1. The molecule has 17 heavy (non-hydrogen) atoms. The van der Waals surface area contributed by atoms with Crippen molar-refractivity contribution >= 4 is 5.91 Å². The third-order valence-electron chi connectivity index (χ3n) is 2.77. The van der Waals surface area contributed by atoms with Gasteiger partial charge in [-0.3, -0.25) is 4.79 Å². The van der Waals surface area contributed by atoms with Crippen LogP contribution < -0.4 is 11.1 Å². The second-order valence-corrected chi connectivity index (χ2v) is 5.47. The molecule has 0 aliphatic rings. The number of hydrogen-bond acceptors (Lipinski definition) is 3. The molecule has 0 spiro atoms. The number of hydrogen-bond donors (Lipinski definition) is 2. The number of amides is 1. The van der Waals surface area contributed by atoms with Gasteiger partial charge >= 0.3 is 0 Å². The summed E-state index contributed by atoms with van der Waals surface area (Å²) >= 11 is 0. The lowest BCUT2D eigenvalue weighted by molar-refractivity contribution is -0.122. The van der Waals surface area contributed by atoms with Crippen molar-refractivity contribution in [2.45, 2.75) is 46.7 Å². The minimum atomic E-state index is -0.138. The zero-order chi connectivity index (χ0) is 13.1. The first-order valence-electron chi connectivity index (χ1n) is 5.86. The first kappa shape index (κ1) is 13.8. The SMILES string of the molecule is Cc1ccc(CNC(=O)CC(N)C(C)(C)C)o1. The fourth-order valence-corrected chi connectivity index (χ4v) is 1.34. The summed E-state index contributed by atoms with van der Waals surface area (Å²) in [6.07, 6.45) is 0.336.